The van der Waals surface area contributed by atoms with E-state index in [1.807, 2.05) is 0 Å². The summed E-state index contributed by atoms with van der Waals surface area (Å²) in [6.07, 6.45) is 0.886. The predicted octanol–water partition coefficient (Wildman–Crippen LogP) is 1.54. The molecule has 0 saturated carbocycles. The van der Waals surface area contributed by atoms with Crippen molar-refractivity contribution in [3.63, 3.8) is 0 Å². The summed E-state index contributed by atoms with van der Waals surface area (Å²) in [7, 11) is 0. The molecule has 30 heavy (non-hydrogen) atoms. The van der Waals surface area contributed by atoms with Gasteiger partial charge in [0.2, 0.25) is 11.8 Å². The molecular weight excluding hydrogens is 397 g/mol. The second-order valence-electron chi connectivity index (χ2n) is 6.76. The number of nitrogens with one attached hydrogen (secondary N) is 2. The monoisotopic (exact) mass is 423 g/mol. The number of hydrogen-bond acceptors (Lipinski definition) is 6. The first kappa shape index (κ1) is 23.1. The fraction of sp³-hybridized carbons (Fsp3) is 0.500. The van der Waals surface area contributed by atoms with Gasteiger partial charge in [-0.05, 0) is 25.5 Å². The zero-order chi connectivity index (χ0) is 21.9. The number of anilines is 1. The smallest absolute Gasteiger partial charge is 0.407 e. The Morgan fingerprint density at radius 3 is 2.87 bits per heavy atom. The topological polar surface area (TPSA) is 114 Å². The van der Waals surface area contributed by atoms with Crippen LogP contribution in [-0.4, -0.2) is 56.5 Å². The predicted molar refractivity (Wildman–Crippen MR) is 106 cm³/mol. The molecule has 0 spiro atoms. The highest BCUT2D eigenvalue weighted by Gasteiger charge is 2.27. The van der Waals surface area contributed by atoms with Crippen LogP contribution in [0, 0.1) is 5.82 Å². The molecule has 10 heteroatoms. The summed E-state index contributed by atoms with van der Waals surface area (Å²) in [5.41, 5.74) is 0.297. The Morgan fingerprint density at radius 1 is 1.33 bits per heavy atom. The van der Waals surface area contributed by atoms with Gasteiger partial charge in [-0.3, -0.25) is 9.59 Å². The van der Waals surface area contributed by atoms with Crippen molar-refractivity contribution in [2.24, 2.45) is 0 Å². The number of rotatable bonds is 10. The maximum absolute atomic E-state index is 13.7. The van der Waals surface area contributed by atoms with Gasteiger partial charge < -0.3 is 29.8 Å². The molecule has 2 N–H and O–H groups in total. The van der Waals surface area contributed by atoms with Gasteiger partial charge in [0.25, 0.3) is 0 Å². The van der Waals surface area contributed by atoms with E-state index in [4.69, 9.17) is 9.47 Å². The fourth-order valence-corrected chi connectivity index (χ4v) is 2.88. The molecular formula is C20H26FN3O6. The van der Waals surface area contributed by atoms with Gasteiger partial charge in [0.15, 0.2) is 0 Å². The third-order valence-electron chi connectivity index (χ3n) is 4.29. The van der Waals surface area contributed by atoms with Gasteiger partial charge in [0.05, 0.1) is 18.7 Å². The van der Waals surface area contributed by atoms with E-state index in [1.54, 1.807) is 6.92 Å². The molecule has 1 atom stereocenters. The number of aldehydes is 1. The van der Waals surface area contributed by atoms with Crippen molar-refractivity contribution >= 4 is 29.9 Å². The Morgan fingerprint density at radius 2 is 2.10 bits per heavy atom. The lowest BCUT2D eigenvalue weighted by Crippen LogP contribution is -2.37. The zero-order valence-electron chi connectivity index (χ0n) is 16.8. The molecule has 164 valence electrons. The number of carbonyl (C=O) groups is 4. The van der Waals surface area contributed by atoms with Crippen LogP contribution >= 0.6 is 0 Å². The minimum absolute atomic E-state index is 0.0479. The van der Waals surface area contributed by atoms with Gasteiger partial charge in [-0.1, -0.05) is 0 Å². The number of hydrogen-bond donors (Lipinski definition) is 2. The quantitative estimate of drug-likeness (QED) is 0.436. The maximum Gasteiger partial charge on any atom is 0.407 e. The summed E-state index contributed by atoms with van der Waals surface area (Å²) in [4.78, 5) is 47.2. The first-order chi connectivity index (χ1) is 14.4. The molecule has 1 aliphatic rings. The Balaban J connectivity index is 1.74. The standard InChI is InChI=1S/C20H26FN3O6/c1-14-12-19(27)24(16-13-15(21)5-6-17(16)30-14)9-11-29-20(28)23-8-7-22-18(26)4-2-3-10-25/h5-6,10,13-14H,2-4,7-9,11-12H2,1H3,(H,22,26)(H,23,28)/t14-/m1/s1. The number of nitrogens with zero attached hydrogens (tertiary/aromatic N) is 1. The summed E-state index contributed by atoms with van der Waals surface area (Å²) in [5.74, 6) is -0.568. The highest BCUT2D eigenvalue weighted by molar-refractivity contribution is 5.96. The average Bonchev–Trinajstić information content (AvgIpc) is 2.81. The van der Waals surface area contributed by atoms with Crippen molar-refractivity contribution in [3.8, 4) is 5.75 Å². The van der Waals surface area contributed by atoms with Crippen molar-refractivity contribution in [1.82, 2.24) is 10.6 Å². The first-order valence-corrected chi connectivity index (χ1v) is 9.78. The van der Waals surface area contributed by atoms with Gasteiger partial charge in [0, 0.05) is 32.0 Å². The van der Waals surface area contributed by atoms with E-state index < -0.39 is 11.9 Å². The molecule has 0 unspecified atom stereocenters. The van der Waals surface area contributed by atoms with Crippen LogP contribution in [0.15, 0.2) is 18.2 Å². The molecule has 0 saturated heterocycles. The Bertz CT molecular complexity index is 773. The van der Waals surface area contributed by atoms with Crippen molar-refractivity contribution in [2.75, 3.05) is 31.1 Å². The van der Waals surface area contributed by atoms with Gasteiger partial charge in [-0.25, -0.2) is 9.18 Å². The van der Waals surface area contributed by atoms with Crippen molar-refractivity contribution in [3.05, 3.63) is 24.0 Å². The zero-order valence-corrected chi connectivity index (χ0v) is 16.8. The van der Waals surface area contributed by atoms with E-state index >= 15 is 0 Å². The van der Waals surface area contributed by atoms with Crippen LogP contribution < -0.4 is 20.3 Å². The SMILES string of the molecule is C[C@@H]1CC(=O)N(CCOC(=O)NCCNC(=O)CCCC=O)c2cc(F)ccc2O1. The molecule has 1 aromatic rings. The second-order valence-corrected chi connectivity index (χ2v) is 6.76. The van der Waals surface area contributed by atoms with Crippen LogP contribution in [-0.2, 0) is 19.1 Å². The van der Waals surface area contributed by atoms with Crippen LogP contribution in [0.2, 0.25) is 0 Å². The fourth-order valence-electron chi connectivity index (χ4n) is 2.88. The van der Waals surface area contributed by atoms with E-state index in [0.717, 1.165) is 6.29 Å². The molecule has 3 amide bonds. The van der Waals surface area contributed by atoms with Crippen LogP contribution in [0.4, 0.5) is 14.9 Å². The summed E-state index contributed by atoms with van der Waals surface area (Å²) in [5, 5.41) is 5.09. The number of ether oxygens (including phenoxy) is 2. The molecule has 0 fully saturated rings. The minimum atomic E-state index is -0.698. The first-order valence-electron chi connectivity index (χ1n) is 9.78. The van der Waals surface area contributed by atoms with E-state index in [0.29, 0.717) is 24.3 Å². The summed E-state index contributed by atoms with van der Waals surface area (Å²) in [6.45, 7) is 2.09. The minimum Gasteiger partial charge on any atom is -0.488 e. The lowest BCUT2D eigenvalue weighted by Gasteiger charge is -2.21. The number of unbranched alkanes of at least 4 members (excludes halogenated alkanes) is 1. The van der Waals surface area contributed by atoms with Crippen LogP contribution in [0.3, 0.4) is 0 Å². The number of amides is 3. The Hall–Kier alpha value is -3.17. The van der Waals surface area contributed by atoms with E-state index in [-0.39, 0.29) is 57.0 Å². The summed E-state index contributed by atoms with van der Waals surface area (Å²) in [6, 6.07) is 3.93. The van der Waals surface area contributed by atoms with Crippen molar-refractivity contribution < 1.29 is 33.0 Å². The lowest BCUT2D eigenvalue weighted by atomic mass is 10.2. The van der Waals surface area contributed by atoms with E-state index in [2.05, 4.69) is 10.6 Å². The molecule has 0 aliphatic carbocycles. The lowest BCUT2D eigenvalue weighted by molar-refractivity contribution is -0.121. The van der Waals surface area contributed by atoms with E-state index in [9.17, 15) is 23.6 Å². The second kappa shape index (κ2) is 11.7. The molecule has 2 rings (SSSR count). The number of carbonyl (C=O) groups excluding carboxylic acids is 4. The molecule has 0 aromatic heterocycles. The molecule has 1 heterocycles. The molecule has 9 nitrogen and oxygen atoms in total. The third-order valence-corrected chi connectivity index (χ3v) is 4.29. The number of benzene rings is 1. The van der Waals surface area contributed by atoms with Crippen molar-refractivity contribution in [1.29, 1.82) is 0 Å². The molecule has 0 bridgehead atoms. The van der Waals surface area contributed by atoms with Gasteiger partial charge in [-0.2, -0.15) is 0 Å². The number of halogens is 1. The largest absolute Gasteiger partial charge is 0.488 e. The molecule has 1 aromatic carbocycles. The van der Waals surface area contributed by atoms with Crippen LogP contribution in [0.25, 0.3) is 0 Å². The summed E-state index contributed by atoms with van der Waals surface area (Å²) < 4.78 is 24.4. The normalized spacial score (nSPS) is 15.5. The highest BCUT2D eigenvalue weighted by Crippen LogP contribution is 2.33. The number of fused-ring (bicyclic) bond motifs is 1. The number of alkyl carbamates (subject to hydrolysis) is 1. The Kier molecular flexibility index (Phi) is 9.04. The highest BCUT2D eigenvalue weighted by atomic mass is 19.1. The average molecular weight is 423 g/mol. The molecule has 0 radical (unpaired) electrons. The van der Waals surface area contributed by atoms with Gasteiger partial charge in [0.1, 0.15) is 30.6 Å². The van der Waals surface area contributed by atoms with E-state index in [1.165, 1.54) is 23.1 Å². The Labute approximate surface area is 173 Å². The third kappa shape index (κ3) is 7.34. The van der Waals surface area contributed by atoms with Gasteiger partial charge in [-0.15, -0.1) is 0 Å². The van der Waals surface area contributed by atoms with Crippen LogP contribution in [0.1, 0.15) is 32.6 Å². The molecule has 1 aliphatic heterocycles. The van der Waals surface area contributed by atoms with Gasteiger partial charge >= 0.3 is 6.09 Å². The van der Waals surface area contributed by atoms with Crippen molar-refractivity contribution in [2.45, 2.75) is 38.7 Å². The summed E-state index contributed by atoms with van der Waals surface area (Å²) >= 11 is 0. The van der Waals surface area contributed by atoms with Crippen LogP contribution in [0.5, 0.6) is 5.75 Å². The maximum atomic E-state index is 13.7.